The van der Waals surface area contributed by atoms with Crippen molar-refractivity contribution in [3.05, 3.63) is 29.8 Å². The van der Waals surface area contributed by atoms with E-state index < -0.39 is 0 Å². The van der Waals surface area contributed by atoms with Crippen molar-refractivity contribution in [2.75, 3.05) is 32.3 Å². The van der Waals surface area contributed by atoms with Crippen molar-refractivity contribution in [3.8, 4) is 5.75 Å². The van der Waals surface area contributed by atoms with Crippen molar-refractivity contribution in [3.63, 3.8) is 0 Å². The average Bonchev–Trinajstić information content (AvgIpc) is 2.94. The van der Waals surface area contributed by atoms with Gasteiger partial charge >= 0.3 is 0 Å². The Morgan fingerprint density at radius 2 is 2.32 bits per heavy atom. The number of hydrogen-bond donors (Lipinski definition) is 1. The van der Waals surface area contributed by atoms with E-state index in [0.717, 1.165) is 17.9 Å². The lowest BCUT2D eigenvalue weighted by Crippen LogP contribution is -2.44. The summed E-state index contributed by atoms with van der Waals surface area (Å²) in [5.74, 6) is 2.61. The largest absolute Gasteiger partial charge is 0.497 e. The smallest absolute Gasteiger partial charge is 0.251 e. The number of carbonyl (C=O) groups is 1. The Labute approximate surface area is 117 Å². The maximum atomic E-state index is 12.1. The Balaban J connectivity index is 1.97. The number of thioether (sulfide) groups is 1. The average molecular weight is 281 g/mol. The van der Waals surface area contributed by atoms with E-state index in [2.05, 4.69) is 5.32 Å². The molecule has 0 aromatic heterocycles. The van der Waals surface area contributed by atoms with E-state index in [1.54, 1.807) is 26.4 Å². The summed E-state index contributed by atoms with van der Waals surface area (Å²) in [6, 6.07) is 7.14. The highest BCUT2D eigenvalue weighted by Gasteiger charge is 2.34. The van der Waals surface area contributed by atoms with Gasteiger partial charge < -0.3 is 14.8 Å². The van der Waals surface area contributed by atoms with Crippen LogP contribution in [0.25, 0.3) is 0 Å². The second kappa shape index (κ2) is 6.30. The minimum absolute atomic E-state index is 0.0905. The van der Waals surface area contributed by atoms with Gasteiger partial charge in [0.15, 0.2) is 0 Å². The van der Waals surface area contributed by atoms with Crippen LogP contribution in [0.3, 0.4) is 0 Å². The van der Waals surface area contributed by atoms with Gasteiger partial charge in [0, 0.05) is 25.0 Å². The van der Waals surface area contributed by atoms with E-state index in [1.807, 2.05) is 23.9 Å². The Bertz CT molecular complexity index is 444. The van der Waals surface area contributed by atoms with Gasteiger partial charge in [-0.2, -0.15) is 11.8 Å². The van der Waals surface area contributed by atoms with E-state index in [0.29, 0.717) is 17.9 Å². The highest BCUT2D eigenvalue weighted by atomic mass is 32.2. The molecule has 19 heavy (non-hydrogen) atoms. The lowest BCUT2D eigenvalue weighted by molar-refractivity contribution is 0.0137. The van der Waals surface area contributed by atoms with Crippen LogP contribution in [-0.4, -0.2) is 43.8 Å². The van der Waals surface area contributed by atoms with E-state index in [-0.39, 0.29) is 11.5 Å². The van der Waals surface area contributed by atoms with Gasteiger partial charge in [-0.15, -0.1) is 0 Å². The molecule has 1 aliphatic heterocycles. The van der Waals surface area contributed by atoms with Crippen LogP contribution in [0.15, 0.2) is 24.3 Å². The van der Waals surface area contributed by atoms with E-state index in [9.17, 15) is 4.79 Å². The molecule has 0 saturated carbocycles. The predicted octanol–water partition coefficient (Wildman–Crippen LogP) is 1.95. The summed E-state index contributed by atoms with van der Waals surface area (Å²) in [7, 11) is 3.30. The lowest BCUT2D eigenvalue weighted by atomic mass is 10.0. The van der Waals surface area contributed by atoms with Crippen molar-refractivity contribution in [2.24, 2.45) is 0 Å². The van der Waals surface area contributed by atoms with Crippen LogP contribution < -0.4 is 10.1 Å². The van der Waals surface area contributed by atoms with E-state index in [4.69, 9.17) is 9.47 Å². The van der Waals surface area contributed by atoms with Crippen LogP contribution in [-0.2, 0) is 4.74 Å². The molecule has 1 aromatic rings. The molecule has 1 fully saturated rings. The molecule has 5 heteroatoms. The van der Waals surface area contributed by atoms with Gasteiger partial charge in [0.25, 0.3) is 5.91 Å². The number of methoxy groups -OCH3 is 2. The molecule has 0 bridgehead atoms. The van der Waals surface area contributed by atoms with Crippen LogP contribution in [0.4, 0.5) is 0 Å². The van der Waals surface area contributed by atoms with E-state index >= 15 is 0 Å². The van der Waals surface area contributed by atoms with Crippen molar-refractivity contribution in [2.45, 2.75) is 12.0 Å². The topological polar surface area (TPSA) is 47.6 Å². The molecule has 1 heterocycles. The van der Waals surface area contributed by atoms with Crippen molar-refractivity contribution < 1.29 is 14.3 Å². The number of rotatable bonds is 5. The second-order valence-corrected chi connectivity index (χ2v) is 5.71. The zero-order valence-corrected chi connectivity index (χ0v) is 12.1. The molecule has 0 radical (unpaired) electrons. The summed E-state index contributed by atoms with van der Waals surface area (Å²) in [6.07, 6.45) is 0.979. The molecule has 0 aliphatic carbocycles. The first-order valence-corrected chi connectivity index (χ1v) is 7.40. The second-order valence-electron chi connectivity index (χ2n) is 4.60. The molecule has 1 aliphatic rings. The monoisotopic (exact) mass is 281 g/mol. The number of nitrogens with one attached hydrogen (secondary N) is 1. The quantitative estimate of drug-likeness (QED) is 0.896. The van der Waals surface area contributed by atoms with Gasteiger partial charge in [0.1, 0.15) is 5.75 Å². The maximum absolute atomic E-state index is 12.1. The van der Waals surface area contributed by atoms with E-state index in [1.165, 1.54) is 0 Å². The van der Waals surface area contributed by atoms with Crippen LogP contribution >= 0.6 is 11.8 Å². The van der Waals surface area contributed by atoms with Crippen LogP contribution in [0, 0.1) is 0 Å². The Morgan fingerprint density at radius 1 is 1.47 bits per heavy atom. The van der Waals surface area contributed by atoms with Crippen LogP contribution in [0.1, 0.15) is 16.8 Å². The fourth-order valence-corrected chi connectivity index (χ4v) is 3.47. The Hall–Kier alpha value is -1.20. The third-order valence-electron chi connectivity index (χ3n) is 3.40. The number of amides is 1. The fourth-order valence-electron chi connectivity index (χ4n) is 2.07. The third-order valence-corrected chi connectivity index (χ3v) is 4.63. The summed E-state index contributed by atoms with van der Waals surface area (Å²) in [4.78, 5) is 12.1. The fraction of sp³-hybridized carbons (Fsp3) is 0.500. The molecule has 104 valence electrons. The molecule has 4 nitrogen and oxygen atoms in total. The van der Waals surface area contributed by atoms with Gasteiger partial charge in [0.05, 0.1) is 12.7 Å². The van der Waals surface area contributed by atoms with Crippen molar-refractivity contribution in [1.29, 1.82) is 0 Å². The summed E-state index contributed by atoms with van der Waals surface area (Å²) in [5, 5.41) is 2.95. The van der Waals surface area contributed by atoms with Gasteiger partial charge in [-0.05, 0) is 30.4 Å². The third kappa shape index (κ3) is 3.42. The van der Waals surface area contributed by atoms with Gasteiger partial charge in [-0.25, -0.2) is 0 Å². The first-order valence-electron chi connectivity index (χ1n) is 6.24. The molecule has 1 unspecified atom stereocenters. The molecular formula is C14H19NO3S. The SMILES string of the molecule is COc1cccc(C(=O)NCC2(OC)CCSC2)c1. The number of ether oxygens (including phenoxy) is 2. The number of benzene rings is 1. The summed E-state index contributed by atoms with van der Waals surface area (Å²) < 4.78 is 10.7. The van der Waals surface area contributed by atoms with Gasteiger partial charge in [0.2, 0.25) is 0 Å². The minimum atomic E-state index is -0.209. The zero-order chi connectivity index (χ0) is 13.7. The van der Waals surface area contributed by atoms with Gasteiger partial charge in [-0.3, -0.25) is 4.79 Å². The molecule has 1 saturated heterocycles. The molecule has 1 atom stereocenters. The first kappa shape index (κ1) is 14.2. The highest BCUT2D eigenvalue weighted by molar-refractivity contribution is 7.99. The number of carbonyl (C=O) groups excluding carboxylic acids is 1. The predicted molar refractivity (Wildman–Crippen MR) is 77.0 cm³/mol. The summed E-state index contributed by atoms with van der Waals surface area (Å²) in [6.45, 7) is 0.548. The summed E-state index contributed by atoms with van der Waals surface area (Å²) >= 11 is 1.86. The Morgan fingerprint density at radius 3 is 2.95 bits per heavy atom. The molecule has 1 amide bonds. The van der Waals surface area contributed by atoms with Gasteiger partial charge in [-0.1, -0.05) is 6.07 Å². The zero-order valence-electron chi connectivity index (χ0n) is 11.3. The van der Waals surface area contributed by atoms with Crippen molar-refractivity contribution in [1.82, 2.24) is 5.32 Å². The minimum Gasteiger partial charge on any atom is -0.497 e. The summed E-state index contributed by atoms with van der Waals surface area (Å²) in [5.41, 5.74) is 0.399. The molecule has 1 aromatic carbocycles. The first-order chi connectivity index (χ1) is 9.19. The molecule has 1 N–H and O–H groups in total. The molecule has 2 rings (SSSR count). The van der Waals surface area contributed by atoms with Crippen LogP contribution in [0.2, 0.25) is 0 Å². The standard InChI is InChI=1S/C14H19NO3S/c1-17-12-5-3-4-11(8-12)13(16)15-9-14(18-2)6-7-19-10-14/h3-5,8H,6-7,9-10H2,1-2H3,(H,15,16). The number of hydrogen-bond acceptors (Lipinski definition) is 4. The normalized spacial score (nSPS) is 22.2. The van der Waals surface area contributed by atoms with Crippen molar-refractivity contribution >= 4 is 17.7 Å². The molecule has 0 spiro atoms. The van der Waals surface area contributed by atoms with Crippen LogP contribution in [0.5, 0.6) is 5.75 Å². The maximum Gasteiger partial charge on any atom is 0.251 e. The highest BCUT2D eigenvalue weighted by Crippen LogP contribution is 2.30. The Kier molecular flexibility index (Phi) is 4.71. The lowest BCUT2D eigenvalue weighted by Gasteiger charge is -2.26. The molecular weight excluding hydrogens is 262 g/mol.